The highest BCUT2D eigenvalue weighted by atomic mass is 16.5. The number of carbonyl (C=O) groups is 1. The van der Waals surface area contributed by atoms with Crippen molar-refractivity contribution in [2.75, 3.05) is 39.3 Å². The highest BCUT2D eigenvalue weighted by Gasteiger charge is 2.21. The molecule has 0 aliphatic carbocycles. The SMILES string of the molecule is Cc1cccc(OCCN2CCCN(C(=O)c3ccco3)CC2)c1C. The molecule has 25 heavy (non-hydrogen) atoms. The first-order valence-electron chi connectivity index (χ1n) is 8.89. The van der Waals surface area contributed by atoms with Crippen LogP contribution < -0.4 is 4.74 Å². The largest absolute Gasteiger partial charge is 0.492 e. The lowest BCUT2D eigenvalue weighted by Gasteiger charge is -2.21. The average Bonchev–Trinajstić information content (AvgIpc) is 3.05. The second-order valence-electron chi connectivity index (χ2n) is 6.51. The minimum atomic E-state index is -0.0153. The molecule has 0 atom stereocenters. The average molecular weight is 342 g/mol. The number of nitrogens with zero attached hydrogens (tertiary/aromatic N) is 2. The Balaban J connectivity index is 1.47. The highest BCUT2D eigenvalue weighted by Crippen LogP contribution is 2.20. The number of aryl methyl sites for hydroxylation is 1. The summed E-state index contributed by atoms with van der Waals surface area (Å²) >= 11 is 0. The standard InChI is InChI=1S/C20H26N2O3/c1-16-6-3-7-18(17(16)2)25-15-13-21-9-5-10-22(12-11-21)20(23)19-8-4-14-24-19/h3-4,6-8,14H,5,9-13,15H2,1-2H3. The molecule has 1 aliphatic rings. The van der Waals surface area contributed by atoms with Crippen LogP contribution in [-0.4, -0.2) is 55.0 Å². The highest BCUT2D eigenvalue weighted by molar-refractivity contribution is 5.91. The number of furan rings is 1. The number of ether oxygens (including phenoxy) is 1. The maximum Gasteiger partial charge on any atom is 0.289 e. The van der Waals surface area contributed by atoms with Crippen molar-refractivity contribution in [3.05, 3.63) is 53.5 Å². The minimum Gasteiger partial charge on any atom is -0.492 e. The molecule has 1 amide bonds. The number of hydrogen-bond donors (Lipinski definition) is 0. The predicted octanol–water partition coefficient (Wildman–Crippen LogP) is 3.12. The molecule has 0 spiro atoms. The van der Waals surface area contributed by atoms with E-state index in [1.807, 2.05) is 17.0 Å². The van der Waals surface area contributed by atoms with Gasteiger partial charge in [0, 0.05) is 32.7 Å². The second kappa shape index (κ2) is 8.21. The Hall–Kier alpha value is -2.27. The topological polar surface area (TPSA) is 45.9 Å². The van der Waals surface area contributed by atoms with E-state index < -0.39 is 0 Å². The van der Waals surface area contributed by atoms with E-state index >= 15 is 0 Å². The fourth-order valence-corrected chi connectivity index (χ4v) is 3.12. The van der Waals surface area contributed by atoms with Gasteiger partial charge in [0.1, 0.15) is 12.4 Å². The zero-order chi connectivity index (χ0) is 17.6. The van der Waals surface area contributed by atoms with E-state index in [9.17, 15) is 4.79 Å². The van der Waals surface area contributed by atoms with Crippen LogP contribution in [0, 0.1) is 13.8 Å². The molecule has 1 aromatic heterocycles. The van der Waals surface area contributed by atoms with Crippen LogP contribution in [0.3, 0.4) is 0 Å². The van der Waals surface area contributed by atoms with Gasteiger partial charge in [-0.2, -0.15) is 0 Å². The van der Waals surface area contributed by atoms with Gasteiger partial charge < -0.3 is 14.1 Å². The zero-order valence-corrected chi connectivity index (χ0v) is 15.0. The molecule has 1 saturated heterocycles. The first-order chi connectivity index (χ1) is 12.1. The number of carbonyl (C=O) groups excluding carboxylic acids is 1. The molecule has 0 saturated carbocycles. The lowest BCUT2D eigenvalue weighted by Crippen LogP contribution is -2.36. The maximum absolute atomic E-state index is 12.4. The van der Waals surface area contributed by atoms with Crippen LogP contribution in [0.1, 0.15) is 28.1 Å². The van der Waals surface area contributed by atoms with Crippen molar-refractivity contribution in [1.29, 1.82) is 0 Å². The summed E-state index contributed by atoms with van der Waals surface area (Å²) < 4.78 is 11.2. The van der Waals surface area contributed by atoms with E-state index in [1.165, 1.54) is 11.1 Å². The Morgan fingerprint density at radius 3 is 2.80 bits per heavy atom. The molecule has 0 unspecified atom stereocenters. The zero-order valence-electron chi connectivity index (χ0n) is 15.0. The van der Waals surface area contributed by atoms with Crippen LogP contribution in [0.5, 0.6) is 5.75 Å². The molecule has 1 aromatic carbocycles. The van der Waals surface area contributed by atoms with Crippen molar-refractivity contribution in [3.8, 4) is 5.75 Å². The van der Waals surface area contributed by atoms with Crippen LogP contribution in [0.25, 0.3) is 0 Å². The summed E-state index contributed by atoms with van der Waals surface area (Å²) in [5.41, 5.74) is 2.45. The van der Waals surface area contributed by atoms with Gasteiger partial charge in [-0.25, -0.2) is 0 Å². The lowest BCUT2D eigenvalue weighted by molar-refractivity contribution is 0.0729. The fraction of sp³-hybridized carbons (Fsp3) is 0.450. The molecule has 0 N–H and O–H groups in total. The molecule has 134 valence electrons. The third kappa shape index (κ3) is 4.42. The molecule has 1 aliphatic heterocycles. The van der Waals surface area contributed by atoms with Gasteiger partial charge in [-0.05, 0) is 49.6 Å². The quantitative estimate of drug-likeness (QED) is 0.837. The number of amides is 1. The first-order valence-corrected chi connectivity index (χ1v) is 8.89. The summed E-state index contributed by atoms with van der Waals surface area (Å²) in [6.07, 6.45) is 2.51. The van der Waals surface area contributed by atoms with Gasteiger partial charge in [0.2, 0.25) is 0 Å². The van der Waals surface area contributed by atoms with Crippen LogP contribution in [-0.2, 0) is 0 Å². The van der Waals surface area contributed by atoms with E-state index in [2.05, 4.69) is 24.8 Å². The molecular formula is C20H26N2O3. The summed E-state index contributed by atoms with van der Waals surface area (Å²) in [5, 5.41) is 0. The normalized spacial score (nSPS) is 15.8. The van der Waals surface area contributed by atoms with Crippen molar-refractivity contribution in [2.24, 2.45) is 0 Å². The molecule has 5 heteroatoms. The summed E-state index contributed by atoms with van der Waals surface area (Å²) in [6.45, 7) is 9.07. The van der Waals surface area contributed by atoms with Crippen molar-refractivity contribution >= 4 is 5.91 Å². The van der Waals surface area contributed by atoms with Crippen molar-refractivity contribution in [1.82, 2.24) is 9.80 Å². The molecule has 5 nitrogen and oxygen atoms in total. The number of benzene rings is 1. The summed E-state index contributed by atoms with van der Waals surface area (Å²) in [5.74, 6) is 1.37. The number of hydrogen-bond acceptors (Lipinski definition) is 4. The van der Waals surface area contributed by atoms with E-state index in [1.54, 1.807) is 18.4 Å². The maximum atomic E-state index is 12.4. The summed E-state index contributed by atoms with van der Waals surface area (Å²) in [7, 11) is 0. The first kappa shape index (κ1) is 17.5. The van der Waals surface area contributed by atoms with E-state index in [0.717, 1.165) is 44.9 Å². The molecule has 2 heterocycles. The Bertz CT molecular complexity index is 697. The molecule has 0 radical (unpaired) electrons. The van der Waals surface area contributed by atoms with Crippen LogP contribution in [0.2, 0.25) is 0 Å². The van der Waals surface area contributed by atoms with Gasteiger partial charge in [-0.3, -0.25) is 9.69 Å². The third-order valence-electron chi connectivity index (χ3n) is 4.83. The van der Waals surface area contributed by atoms with Gasteiger partial charge in [0.25, 0.3) is 5.91 Å². The summed E-state index contributed by atoms with van der Waals surface area (Å²) in [6, 6.07) is 9.63. The monoisotopic (exact) mass is 342 g/mol. The van der Waals surface area contributed by atoms with Crippen LogP contribution in [0.4, 0.5) is 0 Å². The van der Waals surface area contributed by atoms with Gasteiger partial charge in [0.15, 0.2) is 5.76 Å². The molecule has 2 aromatic rings. The molecular weight excluding hydrogens is 316 g/mol. The molecule has 3 rings (SSSR count). The minimum absolute atomic E-state index is 0.0153. The van der Waals surface area contributed by atoms with Crippen LogP contribution in [0.15, 0.2) is 41.0 Å². The van der Waals surface area contributed by atoms with Gasteiger partial charge in [-0.1, -0.05) is 12.1 Å². The third-order valence-corrected chi connectivity index (χ3v) is 4.83. The van der Waals surface area contributed by atoms with Crippen LogP contribution >= 0.6 is 0 Å². The molecule has 1 fully saturated rings. The van der Waals surface area contributed by atoms with E-state index in [4.69, 9.17) is 9.15 Å². The summed E-state index contributed by atoms with van der Waals surface area (Å²) in [4.78, 5) is 16.6. The Labute approximate surface area is 149 Å². The molecule has 0 bridgehead atoms. The van der Waals surface area contributed by atoms with Gasteiger partial charge >= 0.3 is 0 Å². The van der Waals surface area contributed by atoms with Crippen molar-refractivity contribution < 1.29 is 13.9 Å². The van der Waals surface area contributed by atoms with Crippen molar-refractivity contribution in [2.45, 2.75) is 20.3 Å². The Morgan fingerprint density at radius 2 is 2.00 bits per heavy atom. The fourth-order valence-electron chi connectivity index (χ4n) is 3.12. The Kier molecular flexibility index (Phi) is 5.76. The van der Waals surface area contributed by atoms with Gasteiger partial charge in [0.05, 0.1) is 6.26 Å². The lowest BCUT2D eigenvalue weighted by atomic mass is 10.1. The Morgan fingerprint density at radius 1 is 1.12 bits per heavy atom. The number of rotatable bonds is 5. The van der Waals surface area contributed by atoms with Gasteiger partial charge in [-0.15, -0.1) is 0 Å². The smallest absolute Gasteiger partial charge is 0.289 e. The van der Waals surface area contributed by atoms with E-state index in [-0.39, 0.29) is 5.91 Å². The van der Waals surface area contributed by atoms with Crippen molar-refractivity contribution in [3.63, 3.8) is 0 Å². The van der Waals surface area contributed by atoms with E-state index in [0.29, 0.717) is 12.4 Å². The second-order valence-corrected chi connectivity index (χ2v) is 6.51. The predicted molar refractivity (Wildman–Crippen MR) is 97.1 cm³/mol.